The van der Waals surface area contributed by atoms with Crippen molar-refractivity contribution in [1.82, 2.24) is 0 Å². The van der Waals surface area contributed by atoms with Gasteiger partial charge in [-0.15, -0.1) is 0 Å². The first-order valence-electron chi connectivity index (χ1n) is 5.51. The summed E-state index contributed by atoms with van der Waals surface area (Å²) >= 11 is 0. The van der Waals surface area contributed by atoms with E-state index in [4.69, 9.17) is 14.2 Å². The van der Waals surface area contributed by atoms with Crippen LogP contribution in [0.3, 0.4) is 0 Å². The fourth-order valence-electron chi connectivity index (χ4n) is 2.06. The van der Waals surface area contributed by atoms with Gasteiger partial charge in [-0.25, -0.2) is 0 Å². The van der Waals surface area contributed by atoms with E-state index in [1.807, 2.05) is 18.2 Å². The standard InChI is InChI=1S/C13H16O4/c1-15-11-5-4-8(6-12(11)16-2)9-7-10(9)13(14)17-3/h4-6,9-10H,7H2,1-3H3/t9-,10-/m0/s1. The molecule has 4 nitrogen and oxygen atoms in total. The number of carbonyl (C=O) groups excluding carboxylic acids is 1. The molecule has 0 aromatic heterocycles. The monoisotopic (exact) mass is 236 g/mol. The molecule has 17 heavy (non-hydrogen) atoms. The largest absolute Gasteiger partial charge is 0.493 e. The van der Waals surface area contributed by atoms with Crippen molar-refractivity contribution in [1.29, 1.82) is 0 Å². The highest BCUT2D eigenvalue weighted by molar-refractivity contribution is 5.77. The average molecular weight is 236 g/mol. The maximum absolute atomic E-state index is 11.4. The fraction of sp³-hybridized carbons (Fsp3) is 0.462. The van der Waals surface area contributed by atoms with Crippen LogP contribution in [0, 0.1) is 5.92 Å². The van der Waals surface area contributed by atoms with Crippen molar-refractivity contribution >= 4 is 5.97 Å². The normalized spacial score (nSPS) is 21.8. The summed E-state index contributed by atoms with van der Waals surface area (Å²) in [6.07, 6.45) is 0.849. The van der Waals surface area contributed by atoms with Crippen LogP contribution in [0.15, 0.2) is 18.2 Å². The first-order chi connectivity index (χ1) is 8.21. The van der Waals surface area contributed by atoms with Gasteiger partial charge in [0.1, 0.15) is 0 Å². The van der Waals surface area contributed by atoms with E-state index in [1.54, 1.807) is 14.2 Å². The summed E-state index contributed by atoms with van der Waals surface area (Å²) < 4.78 is 15.1. The molecule has 1 fully saturated rings. The number of carbonyl (C=O) groups is 1. The highest BCUT2D eigenvalue weighted by Gasteiger charge is 2.45. The molecular weight excluding hydrogens is 220 g/mol. The van der Waals surface area contributed by atoms with Crippen LogP contribution in [0.1, 0.15) is 17.9 Å². The molecule has 2 atom stereocenters. The van der Waals surface area contributed by atoms with E-state index in [2.05, 4.69) is 0 Å². The molecule has 0 saturated heterocycles. The molecule has 92 valence electrons. The Bertz CT molecular complexity index is 427. The lowest BCUT2D eigenvalue weighted by atomic mass is 10.1. The van der Waals surface area contributed by atoms with Crippen LogP contribution < -0.4 is 9.47 Å². The van der Waals surface area contributed by atoms with Crippen LogP contribution >= 0.6 is 0 Å². The number of esters is 1. The third-order valence-corrected chi connectivity index (χ3v) is 3.13. The minimum absolute atomic E-state index is 0.00176. The maximum atomic E-state index is 11.4. The van der Waals surface area contributed by atoms with E-state index < -0.39 is 0 Å². The molecule has 1 aromatic carbocycles. The van der Waals surface area contributed by atoms with Gasteiger partial charge in [-0.1, -0.05) is 6.07 Å². The van der Waals surface area contributed by atoms with Crippen LogP contribution in [0.4, 0.5) is 0 Å². The Morgan fingerprint density at radius 2 is 1.88 bits per heavy atom. The zero-order chi connectivity index (χ0) is 12.4. The minimum Gasteiger partial charge on any atom is -0.493 e. The Kier molecular flexibility index (Phi) is 3.22. The molecule has 0 amide bonds. The van der Waals surface area contributed by atoms with Gasteiger partial charge < -0.3 is 14.2 Å². The second kappa shape index (κ2) is 4.65. The van der Waals surface area contributed by atoms with Gasteiger partial charge in [0, 0.05) is 0 Å². The number of hydrogen-bond donors (Lipinski definition) is 0. The summed E-state index contributed by atoms with van der Waals surface area (Å²) in [5.74, 6) is 1.51. The van der Waals surface area contributed by atoms with Crippen LogP contribution in [0.5, 0.6) is 11.5 Å². The predicted molar refractivity (Wildman–Crippen MR) is 62.4 cm³/mol. The Morgan fingerprint density at radius 3 is 2.47 bits per heavy atom. The summed E-state index contributed by atoms with van der Waals surface area (Å²) in [7, 11) is 4.63. The van der Waals surface area contributed by atoms with E-state index in [9.17, 15) is 4.79 Å². The topological polar surface area (TPSA) is 44.8 Å². The van der Waals surface area contributed by atoms with E-state index in [-0.39, 0.29) is 17.8 Å². The molecule has 0 spiro atoms. The molecule has 0 N–H and O–H groups in total. The molecule has 0 aliphatic heterocycles. The van der Waals surface area contributed by atoms with E-state index >= 15 is 0 Å². The van der Waals surface area contributed by atoms with Crippen LogP contribution in [0.2, 0.25) is 0 Å². The molecular formula is C13H16O4. The molecule has 0 unspecified atom stereocenters. The number of rotatable bonds is 4. The highest BCUT2D eigenvalue weighted by atomic mass is 16.5. The van der Waals surface area contributed by atoms with Gasteiger partial charge in [-0.3, -0.25) is 4.79 Å². The average Bonchev–Trinajstić information content (AvgIpc) is 3.17. The van der Waals surface area contributed by atoms with Gasteiger partial charge in [0.05, 0.1) is 27.2 Å². The van der Waals surface area contributed by atoms with Crippen LogP contribution in [-0.2, 0) is 9.53 Å². The molecule has 0 bridgehead atoms. The molecule has 1 aliphatic rings. The molecule has 1 aliphatic carbocycles. The summed E-state index contributed by atoms with van der Waals surface area (Å²) in [5.41, 5.74) is 1.10. The van der Waals surface area contributed by atoms with Crippen molar-refractivity contribution in [3.63, 3.8) is 0 Å². The summed E-state index contributed by atoms with van der Waals surface area (Å²) in [6.45, 7) is 0. The quantitative estimate of drug-likeness (QED) is 0.750. The van der Waals surface area contributed by atoms with E-state index in [0.717, 1.165) is 12.0 Å². The van der Waals surface area contributed by atoms with Gasteiger partial charge in [-0.2, -0.15) is 0 Å². The van der Waals surface area contributed by atoms with Gasteiger partial charge >= 0.3 is 5.97 Å². The lowest BCUT2D eigenvalue weighted by Crippen LogP contribution is -2.04. The number of benzene rings is 1. The first-order valence-corrected chi connectivity index (χ1v) is 5.51. The lowest BCUT2D eigenvalue weighted by Gasteiger charge is -2.09. The van der Waals surface area contributed by atoms with Crippen molar-refractivity contribution in [2.75, 3.05) is 21.3 Å². The second-order valence-corrected chi connectivity index (χ2v) is 4.09. The molecule has 1 aromatic rings. The number of ether oxygens (including phenoxy) is 3. The molecule has 0 heterocycles. The molecule has 2 rings (SSSR count). The number of methoxy groups -OCH3 is 3. The Labute approximate surface area is 100 Å². The van der Waals surface area contributed by atoms with Gasteiger partial charge in [-0.05, 0) is 30.0 Å². The van der Waals surface area contributed by atoms with Crippen molar-refractivity contribution < 1.29 is 19.0 Å². The highest BCUT2D eigenvalue weighted by Crippen LogP contribution is 2.49. The molecule has 4 heteroatoms. The van der Waals surface area contributed by atoms with Gasteiger partial charge in [0.25, 0.3) is 0 Å². The molecule has 0 radical (unpaired) electrons. The second-order valence-electron chi connectivity index (χ2n) is 4.09. The zero-order valence-electron chi connectivity index (χ0n) is 10.2. The minimum atomic E-state index is -0.134. The summed E-state index contributed by atoms with van der Waals surface area (Å²) in [6, 6.07) is 5.75. The van der Waals surface area contributed by atoms with Crippen molar-refractivity contribution in [3.8, 4) is 11.5 Å². The van der Waals surface area contributed by atoms with Gasteiger partial charge in [0.2, 0.25) is 0 Å². The summed E-state index contributed by atoms with van der Waals surface area (Å²) in [5, 5.41) is 0. The van der Waals surface area contributed by atoms with Crippen LogP contribution in [-0.4, -0.2) is 27.3 Å². The third-order valence-electron chi connectivity index (χ3n) is 3.13. The van der Waals surface area contributed by atoms with Crippen molar-refractivity contribution in [2.45, 2.75) is 12.3 Å². The number of hydrogen-bond acceptors (Lipinski definition) is 4. The van der Waals surface area contributed by atoms with Crippen LogP contribution in [0.25, 0.3) is 0 Å². The fourth-order valence-corrected chi connectivity index (χ4v) is 2.06. The Hall–Kier alpha value is -1.71. The lowest BCUT2D eigenvalue weighted by molar-refractivity contribution is -0.142. The predicted octanol–water partition coefficient (Wildman–Crippen LogP) is 1.98. The summed E-state index contributed by atoms with van der Waals surface area (Å²) in [4.78, 5) is 11.4. The first kappa shape index (κ1) is 11.8. The zero-order valence-corrected chi connectivity index (χ0v) is 10.2. The third kappa shape index (κ3) is 2.20. The maximum Gasteiger partial charge on any atom is 0.309 e. The van der Waals surface area contributed by atoms with E-state index in [0.29, 0.717) is 11.5 Å². The van der Waals surface area contributed by atoms with E-state index in [1.165, 1.54) is 7.11 Å². The Balaban J connectivity index is 2.16. The van der Waals surface area contributed by atoms with Gasteiger partial charge in [0.15, 0.2) is 11.5 Å². The molecule has 1 saturated carbocycles. The SMILES string of the molecule is COC(=O)[C@H]1C[C@H]1c1ccc(OC)c(OC)c1. The smallest absolute Gasteiger partial charge is 0.309 e. The Morgan fingerprint density at radius 1 is 1.18 bits per heavy atom. The van der Waals surface area contributed by atoms with Crippen molar-refractivity contribution in [2.24, 2.45) is 5.92 Å². The van der Waals surface area contributed by atoms with Crippen molar-refractivity contribution in [3.05, 3.63) is 23.8 Å².